The smallest absolute Gasteiger partial charge is 0.146 e. The second kappa shape index (κ2) is 4.89. The van der Waals surface area contributed by atoms with Gasteiger partial charge in [-0.2, -0.15) is 0 Å². The first-order chi connectivity index (χ1) is 6.47. The van der Waals surface area contributed by atoms with E-state index in [0.29, 0.717) is 12.3 Å². The van der Waals surface area contributed by atoms with Gasteiger partial charge in [-0.3, -0.25) is 9.69 Å². The first-order valence-corrected chi connectivity index (χ1v) is 5.35. The highest BCUT2D eigenvalue weighted by atomic mass is 16.5. The quantitative estimate of drug-likeness (QED) is 0.689. The van der Waals surface area contributed by atoms with E-state index in [-0.39, 0.29) is 5.60 Å². The fraction of sp³-hybridized carbons (Fsp3) is 0.909. The normalized spacial score (nSPS) is 20.1. The van der Waals surface area contributed by atoms with Crippen LogP contribution in [0.1, 0.15) is 33.6 Å². The molecule has 0 saturated carbocycles. The molecule has 1 saturated heterocycles. The largest absolute Gasteiger partial charge is 0.375 e. The molecule has 1 aliphatic heterocycles. The van der Waals surface area contributed by atoms with Gasteiger partial charge in [0.1, 0.15) is 5.78 Å². The van der Waals surface area contributed by atoms with Gasteiger partial charge in [0, 0.05) is 13.0 Å². The Morgan fingerprint density at radius 1 is 1.43 bits per heavy atom. The number of hydrogen-bond acceptors (Lipinski definition) is 3. The van der Waals surface area contributed by atoms with Gasteiger partial charge < -0.3 is 4.74 Å². The lowest BCUT2D eigenvalue weighted by Gasteiger charge is -2.27. The molecule has 0 spiro atoms. The summed E-state index contributed by atoms with van der Waals surface area (Å²) in [6.45, 7) is 9.41. The van der Waals surface area contributed by atoms with Crippen molar-refractivity contribution in [1.29, 1.82) is 0 Å². The summed E-state index contributed by atoms with van der Waals surface area (Å²) in [5.41, 5.74) is -0.0696. The molecule has 1 aliphatic rings. The maximum Gasteiger partial charge on any atom is 0.146 e. The summed E-state index contributed by atoms with van der Waals surface area (Å²) in [5, 5.41) is 0. The molecule has 3 nitrogen and oxygen atoms in total. The van der Waals surface area contributed by atoms with E-state index in [1.54, 1.807) is 0 Å². The van der Waals surface area contributed by atoms with Crippen molar-refractivity contribution >= 4 is 5.78 Å². The maximum atomic E-state index is 11.2. The molecule has 0 aliphatic carbocycles. The number of rotatable bonds is 3. The lowest BCUT2D eigenvalue weighted by atomic mass is 10.1. The molecule has 0 aromatic heterocycles. The maximum absolute atomic E-state index is 11.2. The molecular formula is C11H21NO2. The topological polar surface area (TPSA) is 29.5 Å². The first-order valence-electron chi connectivity index (χ1n) is 5.35. The molecule has 0 bridgehead atoms. The van der Waals surface area contributed by atoms with E-state index < -0.39 is 0 Å². The number of likely N-dealkylation sites (tertiary alicyclic amines) is 1. The van der Waals surface area contributed by atoms with E-state index in [4.69, 9.17) is 4.74 Å². The fourth-order valence-corrected chi connectivity index (χ4v) is 1.58. The van der Waals surface area contributed by atoms with Gasteiger partial charge in [0.2, 0.25) is 0 Å². The van der Waals surface area contributed by atoms with Crippen LogP contribution < -0.4 is 0 Å². The zero-order valence-electron chi connectivity index (χ0n) is 9.51. The third-order valence-corrected chi connectivity index (χ3v) is 2.27. The summed E-state index contributed by atoms with van der Waals surface area (Å²) in [6.07, 6.45) is 1.77. The fourth-order valence-electron chi connectivity index (χ4n) is 1.58. The lowest BCUT2D eigenvalue weighted by Crippen LogP contribution is -2.38. The van der Waals surface area contributed by atoms with Crippen LogP contribution in [0.2, 0.25) is 0 Å². The predicted molar refractivity (Wildman–Crippen MR) is 56.4 cm³/mol. The van der Waals surface area contributed by atoms with Crippen LogP contribution in [0.3, 0.4) is 0 Å². The van der Waals surface area contributed by atoms with Crippen LogP contribution in [0.25, 0.3) is 0 Å². The second-order valence-corrected chi connectivity index (χ2v) is 4.88. The van der Waals surface area contributed by atoms with Crippen molar-refractivity contribution in [3.05, 3.63) is 0 Å². The van der Waals surface area contributed by atoms with Crippen LogP contribution in [0.5, 0.6) is 0 Å². The summed E-state index contributed by atoms with van der Waals surface area (Å²) in [4.78, 5) is 13.3. The highest BCUT2D eigenvalue weighted by molar-refractivity contribution is 5.81. The molecule has 0 radical (unpaired) electrons. The van der Waals surface area contributed by atoms with E-state index >= 15 is 0 Å². The number of piperidine rings is 1. The molecule has 0 amide bonds. The third kappa shape index (κ3) is 4.72. The zero-order chi connectivity index (χ0) is 10.6. The van der Waals surface area contributed by atoms with Crippen molar-refractivity contribution < 1.29 is 9.53 Å². The minimum atomic E-state index is -0.0696. The molecule has 82 valence electrons. The van der Waals surface area contributed by atoms with E-state index in [0.717, 1.165) is 32.5 Å². The number of nitrogens with zero attached hydrogens (tertiary/aromatic N) is 1. The van der Waals surface area contributed by atoms with Crippen LogP contribution >= 0.6 is 0 Å². The summed E-state index contributed by atoms with van der Waals surface area (Å²) in [6, 6.07) is 0. The summed E-state index contributed by atoms with van der Waals surface area (Å²) in [7, 11) is 0. The molecule has 0 N–H and O–H groups in total. The second-order valence-electron chi connectivity index (χ2n) is 4.88. The summed E-state index contributed by atoms with van der Waals surface area (Å²) in [5.74, 6) is 0.368. The molecule has 0 aromatic carbocycles. The standard InChI is InChI=1S/C11H21NO2/c1-11(2,3)14-8-7-12-6-4-5-10(13)9-12/h4-9H2,1-3H3. The van der Waals surface area contributed by atoms with E-state index in [2.05, 4.69) is 4.90 Å². The van der Waals surface area contributed by atoms with Crippen LogP contribution in [-0.2, 0) is 9.53 Å². The molecule has 0 atom stereocenters. The highest BCUT2D eigenvalue weighted by Gasteiger charge is 2.17. The summed E-state index contributed by atoms with van der Waals surface area (Å²) >= 11 is 0. The van der Waals surface area contributed by atoms with E-state index in [1.807, 2.05) is 20.8 Å². The minimum Gasteiger partial charge on any atom is -0.375 e. The van der Waals surface area contributed by atoms with Crippen LogP contribution in [-0.4, -0.2) is 42.5 Å². The van der Waals surface area contributed by atoms with Crippen molar-refractivity contribution in [2.24, 2.45) is 0 Å². The van der Waals surface area contributed by atoms with Crippen LogP contribution in [0, 0.1) is 0 Å². The Kier molecular flexibility index (Phi) is 4.08. The third-order valence-electron chi connectivity index (χ3n) is 2.27. The molecule has 3 heteroatoms. The van der Waals surface area contributed by atoms with Gasteiger partial charge in [-0.25, -0.2) is 0 Å². The van der Waals surface area contributed by atoms with Crippen molar-refractivity contribution in [1.82, 2.24) is 4.90 Å². The van der Waals surface area contributed by atoms with E-state index in [1.165, 1.54) is 0 Å². The molecule has 1 heterocycles. The van der Waals surface area contributed by atoms with Gasteiger partial charge in [0.25, 0.3) is 0 Å². The number of ether oxygens (including phenoxy) is 1. The Labute approximate surface area is 86.4 Å². The van der Waals surface area contributed by atoms with E-state index in [9.17, 15) is 4.79 Å². The highest BCUT2D eigenvalue weighted by Crippen LogP contribution is 2.08. The average molecular weight is 199 g/mol. The molecule has 1 rings (SSSR count). The Bertz CT molecular complexity index is 196. The molecular weight excluding hydrogens is 178 g/mol. The Hall–Kier alpha value is -0.410. The molecule has 0 unspecified atom stereocenters. The predicted octanol–water partition coefficient (Wildman–Crippen LogP) is 1.47. The average Bonchev–Trinajstić information content (AvgIpc) is 2.01. The molecule has 1 fully saturated rings. The number of Topliss-reactive ketones (excluding diaryl/α,β-unsaturated/α-hetero) is 1. The van der Waals surface area contributed by atoms with Crippen molar-refractivity contribution in [3.63, 3.8) is 0 Å². The number of hydrogen-bond donors (Lipinski definition) is 0. The van der Waals surface area contributed by atoms with Crippen LogP contribution in [0.4, 0.5) is 0 Å². The monoisotopic (exact) mass is 199 g/mol. The van der Waals surface area contributed by atoms with Gasteiger partial charge in [-0.05, 0) is 33.7 Å². The summed E-state index contributed by atoms with van der Waals surface area (Å²) < 4.78 is 5.61. The zero-order valence-corrected chi connectivity index (χ0v) is 9.51. The lowest BCUT2D eigenvalue weighted by molar-refractivity contribution is -0.122. The number of carbonyl (C=O) groups excluding carboxylic acids is 1. The van der Waals surface area contributed by atoms with Crippen molar-refractivity contribution in [2.75, 3.05) is 26.2 Å². The van der Waals surface area contributed by atoms with Gasteiger partial charge in [0.05, 0.1) is 18.8 Å². The van der Waals surface area contributed by atoms with Crippen LogP contribution in [0.15, 0.2) is 0 Å². The Balaban J connectivity index is 2.15. The molecule has 0 aromatic rings. The van der Waals surface area contributed by atoms with Crippen molar-refractivity contribution in [3.8, 4) is 0 Å². The number of ketones is 1. The Morgan fingerprint density at radius 3 is 2.71 bits per heavy atom. The molecule has 14 heavy (non-hydrogen) atoms. The van der Waals surface area contributed by atoms with Gasteiger partial charge in [-0.15, -0.1) is 0 Å². The SMILES string of the molecule is CC(C)(C)OCCN1CCCC(=O)C1. The number of carbonyl (C=O) groups is 1. The van der Waals surface area contributed by atoms with Gasteiger partial charge in [-0.1, -0.05) is 0 Å². The first kappa shape index (κ1) is 11.7. The van der Waals surface area contributed by atoms with Gasteiger partial charge >= 0.3 is 0 Å². The van der Waals surface area contributed by atoms with Crippen molar-refractivity contribution in [2.45, 2.75) is 39.2 Å². The van der Waals surface area contributed by atoms with Gasteiger partial charge in [0.15, 0.2) is 0 Å². The minimum absolute atomic E-state index is 0.0696. The Morgan fingerprint density at radius 2 is 2.14 bits per heavy atom.